The van der Waals surface area contributed by atoms with Gasteiger partial charge < -0.3 is 20.2 Å². The molecule has 41 heavy (non-hydrogen) atoms. The topological polar surface area (TPSA) is 103 Å². The number of nitrogens with one attached hydrogen (secondary N) is 1. The molecular formula is C32H34N4O4S. The number of pyridine rings is 1. The van der Waals surface area contributed by atoms with E-state index >= 15 is 0 Å². The first kappa shape index (κ1) is 29.5. The number of thiophene rings is 1. The predicted molar refractivity (Wildman–Crippen MR) is 164 cm³/mol. The average molecular weight is 571 g/mol. The molecule has 2 aromatic carbocycles. The Kier molecular flexibility index (Phi) is 10.2. The third kappa shape index (κ3) is 8.02. The van der Waals surface area contributed by atoms with Gasteiger partial charge >= 0.3 is 5.97 Å². The van der Waals surface area contributed by atoms with Gasteiger partial charge in [-0.1, -0.05) is 43.7 Å². The lowest BCUT2D eigenvalue weighted by molar-refractivity contribution is -0.137. The summed E-state index contributed by atoms with van der Waals surface area (Å²) in [4.78, 5) is 45.8. The maximum atomic E-state index is 13.2. The van der Waals surface area contributed by atoms with Crippen LogP contribution in [0.3, 0.4) is 0 Å². The van der Waals surface area contributed by atoms with E-state index in [0.717, 1.165) is 47.5 Å². The lowest BCUT2D eigenvalue weighted by Gasteiger charge is -2.24. The van der Waals surface area contributed by atoms with Gasteiger partial charge in [-0.05, 0) is 64.9 Å². The van der Waals surface area contributed by atoms with E-state index in [-0.39, 0.29) is 31.3 Å². The summed E-state index contributed by atoms with van der Waals surface area (Å²) < 4.78 is 0. The lowest BCUT2D eigenvalue weighted by Crippen LogP contribution is -2.32. The standard InChI is InChI=1S/C32H34N4O4S/c1-3-4-16-35(2)28-13-12-25(20-27(28)34-31(39)29-11-7-18-41-29)24-9-5-8-23(19-24)22-36(17-14-30(37)38)32(40)26-10-6-15-33-21-26/h5-13,15,18-21H,3-4,14,16-17,22H2,1-2H3,(H,34,39)(H,37,38). The first-order chi connectivity index (χ1) is 19.9. The number of anilines is 2. The van der Waals surface area contributed by atoms with Gasteiger partial charge in [0.1, 0.15) is 0 Å². The van der Waals surface area contributed by atoms with Crippen LogP contribution in [0.2, 0.25) is 0 Å². The molecule has 0 aliphatic heterocycles. The number of aliphatic carboxylic acids is 1. The van der Waals surface area contributed by atoms with E-state index in [2.05, 4.69) is 22.1 Å². The molecule has 4 rings (SSSR count). The van der Waals surface area contributed by atoms with Gasteiger partial charge in [0.25, 0.3) is 11.8 Å². The van der Waals surface area contributed by atoms with Crippen molar-refractivity contribution in [2.45, 2.75) is 32.7 Å². The fourth-order valence-corrected chi connectivity index (χ4v) is 5.10. The molecule has 2 N–H and O–H groups in total. The first-order valence-electron chi connectivity index (χ1n) is 13.6. The van der Waals surface area contributed by atoms with Gasteiger partial charge in [-0.25, -0.2) is 0 Å². The summed E-state index contributed by atoms with van der Waals surface area (Å²) in [5.41, 5.74) is 4.76. The molecule has 212 valence electrons. The highest BCUT2D eigenvalue weighted by molar-refractivity contribution is 7.12. The molecule has 0 spiro atoms. The highest BCUT2D eigenvalue weighted by Gasteiger charge is 2.19. The number of rotatable bonds is 13. The van der Waals surface area contributed by atoms with Gasteiger partial charge in [-0.15, -0.1) is 11.3 Å². The monoisotopic (exact) mass is 570 g/mol. The second-order valence-electron chi connectivity index (χ2n) is 9.75. The molecule has 2 aromatic heterocycles. The van der Waals surface area contributed by atoms with Gasteiger partial charge in [0, 0.05) is 39.1 Å². The van der Waals surface area contributed by atoms with Crippen LogP contribution in [0, 0.1) is 0 Å². The number of aromatic nitrogens is 1. The second-order valence-corrected chi connectivity index (χ2v) is 10.7. The van der Waals surface area contributed by atoms with Gasteiger partial charge in [0.2, 0.25) is 0 Å². The Bertz CT molecular complexity index is 1470. The highest BCUT2D eigenvalue weighted by atomic mass is 32.1. The van der Waals surface area contributed by atoms with Crippen LogP contribution >= 0.6 is 11.3 Å². The Balaban J connectivity index is 1.62. The predicted octanol–water partition coefficient (Wildman–Crippen LogP) is 6.42. The molecule has 0 bridgehead atoms. The van der Waals surface area contributed by atoms with E-state index in [9.17, 15) is 19.5 Å². The van der Waals surface area contributed by atoms with Gasteiger partial charge in [0.05, 0.1) is 28.2 Å². The summed E-state index contributed by atoms with van der Waals surface area (Å²) in [6.45, 7) is 3.33. The number of carbonyl (C=O) groups is 3. The van der Waals surface area contributed by atoms with Crippen molar-refractivity contribution in [1.29, 1.82) is 0 Å². The highest BCUT2D eigenvalue weighted by Crippen LogP contribution is 2.32. The summed E-state index contributed by atoms with van der Waals surface area (Å²) >= 11 is 1.39. The quantitative estimate of drug-likeness (QED) is 0.192. The number of unbranched alkanes of at least 4 members (excludes halogenated alkanes) is 1. The van der Waals surface area contributed by atoms with E-state index in [0.29, 0.717) is 10.4 Å². The zero-order valence-electron chi connectivity index (χ0n) is 23.2. The number of carbonyl (C=O) groups excluding carboxylic acids is 2. The summed E-state index contributed by atoms with van der Waals surface area (Å²) in [5.74, 6) is -1.40. The molecule has 9 heteroatoms. The molecule has 8 nitrogen and oxygen atoms in total. The molecular weight excluding hydrogens is 536 g/mol. The Morgan fingerprint density at radius 1 is 0.976 bits per heavy atom. The molecule has 0 fully saturated rings. The van der Waals surface area contributed by atoms with E-state index in [1.807, 2.05) is 61.0 Å². The molecule has 0 unspecified atom stereocenters. The Morgan fingerprint density at radius 2 is 1.80 bits per heavy atom. The molecule has 0 atom stereocenters. The van der Waals surface area contributed by atoms with E-state index in [1.54, 1.807) is 24.4 Å². The SMILES string of the molecule is CCCCN(C)c1ccc(-c2cccc(CN(CCC(=O)O)C(=O)c3cccnc3)c2)cc1NC(=O)c1cccs1. The first-order valence-corrected chi connectivity index (χ1v) is 14.4. The molecule has 0 aliphatic carbocycles. The van der Waals surface area contributed by atoms with Crippen molar-refractivity contribution in [2.24, 2.45) is 0 Å². The van der Waals surface area contributed by atoms with E-state index in [4.69, 9.17) is 0 Å². The minimum Gasteiger partial charge on any atom is -0.481 e. The zero-order chi connectivity index (χ0) is 29.2. The molecule has 0 aliphatic rings. The van der Waals surface area contributed by atoms with Gasteiger partial charge in [0.15, 0.2) is 0 Å². The number of hydrogen-bond donors (Lipinski definition) is 2. The second kappa shape index (κ2) is 14.2. The lowest BCUT2D eigenvalue weighted by atomic mass is 10.0. The van der Waals surface area contributed by atoms with Crippen molar-refractivity contribution in [3.8, 4) is 11.1 Å². The van der Waals surface area contributed by atoms with E-state index in [1.165, 1.54) is 22.4 Å². The number of amides is 2. The van der Waals surface area contributed by atoms with Crippen molar-refractivity contribution in [3.63, 3.8) is 0 Å². The molecule has 0 saturated heterocycles. The van der Waals surface area contributed by atoms with Gasteiger partial charge in [-0.3, -0.25) is 19.4 Å². The Morgan fingerprint density at radius 3 is 2.51 bits per heavy atom. The maximum absolute atomic E-state index is 13.2. The van der Waals surface area contributed by atoms with Crippen molar-refractivity contribution < 1.29 is 19.5 Å². The zero-order valence-corrected chi connectivity index (χ0v) is 24.1. The van der Waals surface area contributed by atoms with Crippen molar-refractivity contribution >= 4 is 40.5 Å². The number of benzene rings is 2. The van der Waals surface area contributed by atoms with Crippen LogP contribution in [0.25, 0.3) is 11.1 Å². The summed E-state index contributed by atoms with van der Waals surface area (Å²) in [6, 6.07) is 20.8. The minimum atomic E-state index is -0.969. The van der Waals surface area contributed by atoms with Crippen LogP contribution in [0.15, 0.2) is 84.5 Å². The molecule has 2 heterocycles. The van der Waals surface area contributed by atoms with Crippen LogP contribution in [-0.2, 0) is 11.3 Å². The van der Waals surface area contributed by atoms with Crippen LogP contribution in [0.4, 0.5) is 11.4 Å². The van der Waals surface area contributed by atoms with Crippen molar-refractivity contribution in [3.05, 3.63) is 101 Å². The third-order valence-electron chi connectivity index (χ3n) is 6.67. The molecule has 4 aromatic rings. The number of hydrogen-bond acceptors (Lipinski definition) is 6. The fraction of sp³-hybridized carbons (Fsp3) is 0.250. The summed E-state index contributed by atoms with van der Waals surface area (Å²) in [7, 11) is 2.02. The van der Waals surface area contributed by atoms with Gasteiger partial charge in [-0.2, -0.15) is 0 Å². The Hall–Kier alpha value is -4.50. The third-order valence-corrected chi connectivity index (χ3v) is 7.54. The maximum Gasteiger partial charge on any atom is 0.305 e. The van der Waals surface area contributed by atoms with Crippen LogP contribution in [0.1, 0.15) is 51.8 Å². The minimum absolute atomic E-state index is 0.0744. The average Bonchev–Trinajstić information content (AvgIpc) is 3.54. The number of nitrogens with zero attached hydrogens (tertiary/aromatic N) is 3. The largest absolute Gasteiger partial charge is 0.481 e. The van der Waals surface area contributed by atoms with Crippen LogP contribution in [0.5, 0.6) is 0 Å². The molecule has 0 saturated carbocycles. The molecule has 0 radical (unpaired) electrons. The Labute approximate surface area is 244 Å². The molecule has 2 amide bonds. The van der Waals surface area contributed by atoms with Crippen molar-refractivity contribution in [2.75, 3.05) is 30.4 Å². The van der Waals surface area contributed by atoms with E-state index < -0.39 is 5.97 Å². The fourth-order valence-electron chi connectivity index (χ4n) is 4.48. The van der Waals surface area contributed by atoms with Crippen molar-refractivity contribution in [1.82, 2.24) is 9.88 Å². The van der Waals surface area contributed by atoms with Crippen LogP contribution in [-0.4, -0.2) is 52.9 Å². The van der Waals surface area contributed by atoms with Crippen LogP contribution < -0.4 is 10.2 Å². The summed E-state index contributed by atoms with van der Waals surface area (Å²) in [6.07, 6.45) is 5.02. The normalized spacial score (nSPS) is 10.7. The number of carboxylic acids is 1. The smallest absolute Gasteiger partial charge is 0.305 e. The number of carboxylic acid groups (broad SMARTS) is 1. The summed E-state index contributed by atoms with van der Waals surface area (Å²) in [5, 5.41) is 14.2.